The Kier molecular flexibility index (Phi) is 5.00. The molecule has 0 aliphatic heterocycles. The number of benzene rings is 6. The highest BCUT2D eigenvalue weighted by molar-refractivity contribution is 9.10. The quantitative estimate of drug-likeness (QED) is 0.217. The molecule has 0 N–H and O–H groups in total. The first-order chi connectivity index (χ1) is 17.8. The zero-order valence-corrected chi connectivity index (χ0v) is 21.1. The fraction of sp³-hybridized carbons (Fsp3) is 0. The molecule has 0 fully saturated rings. The van der Waals surface area contributed by atoms with Gasteiger partial charge in [-0.25, -0.2) is 0 Å². The van der Waals surface area contributed by atoms with Gasteiger partial charge in [0, 0.05) is 20.9 Å². The van der Waals surface area contributed by atoms with Gasteiger partial charge >= 0.3 is 0 Å². The standard InChI is InChI=1S/C34H22BrN/c35-32-14-5-3-12-29(32)27-11-7-10-24(20-27)26-17-19-34-31(22-26)30-13-4-6-15-33(30)36(34)28-18-16-23-8-1-2-9-25(23)21-28/h1-22H. The van der Waals surface area contributed by atoms with Crippen LogP contribution in [0.1, 0.15) is 0 Å². The molecule has 0 radical (unpaired) electrons. The van der Waals surface area contributed by atoms with E-state index in [-0.39, 0.29) is 0 Å². The molecule has 170 valence electrons. The van der Waals surface area contributed by atoms with Crippen molar-refractivity contribution < 1.29 is 0 Å². The number of hydrogen-bond donors (Lipinski definition) is 0. The average Bonchev–Trinajstić information content (AvgIpc) is 3.27. The molecular weight excluding hydrogens is 502 g/mol. The molecule has 2 heteroatoms. The third-order valence-electron chi connectivity index (χ3n) is 7.04. The maximum Gasteiger partial charge on any atom is 0.0541 e. The van der Waals surface area contributed by atoms with Crippen LogP contribution < -0.4 is 0 Å². The Morgan fingerprint density at radius 1 is 0.444 bits per heavy atom. The normalized spacial score (nSPS) is 11.5. The fourth-order valence-electron chi connectivity index (χ4n) is 5.31. The molecule has 36 heavy (non-hydrogen) atoms. The minimum atomic E-state index is 1.11. The molecule has 1 heterocycles. The number of nitrogens with zero attached hydrogens (tertiary/aromatic N) is 1. The second kappa shape index (κ2) is 8.51. The molecule has 6 aromatic carbocycles. The van der Waals surface area contributed by atoms with Crippen LogP contribution >= 0.6 is 15.9 Å². The van der Waals surface area contributed by atoms with E-state index in [9.17, 15) is 0 Å². The monoisotopic (exact) mass is 523 g/mol. The number of hydrogen-bond acceptors (Lipinski definition) is 0. The Morgan fingerprint density at radius 3 is 2.08 bits per heavy atom. The van der Waals surface area contributed by atoms with Gasteiger partial charge in [-0.3, -0.25) is 0 Å². The summed E-state index contributed by atoms with van der Waals surface area (Å²) in [4.78, 5) is 0. The Balaban J connectivity index is 1.42. The summed E-state index contributed by atoms with van der Waals surface area (Å²) in [5.74, 6) is 0. The summed E-state index contributed by atoms with van der Waals surface area (Å²) in [6.07, 6.45) is 0. The van der Waals surface area contributed by atoms with Crippen molar-refractivity contribution in [3.63, 3.8) is 0 Å². The molecule has 1 aromatic heterocycles. The first-order valence-corrected chi connectivity index (χ1v) is 12.9. The Morgan fingerprint density at radius 2 is 1.17 bits per heavy atom. The van der Waals surface area contributed by atoms with Crippen LogP contribution in [0.4, 0.5) is 0 Å². The predicted molar refractivity (Wildman–Crippen MR) is 157 cm³/mol. The number of rotatable bonds is 3. The molecule has 0 saturated carbocycles. The SMILES string of the molecule is Brc1ccccc1-c1cccc(-c2ccc3c(c2)c2ccccc2n3-c2ccc3ccccc3c2)c1. The van der Waals surface area contributed by atoms with Gasteiger partial charge in [-0.05, 0) is 75.5 Å². The third kappa shape index (κ3) is 3.45. The van der Waals surface area contributed by atoms with Crippen LogP contribution in [0.15, 0.2) is 138 Å². The van der Waals surface area contributed by atoms with Crippen LogP contribution in [0.2, 0.25) is 0 Å². The molecule has 0 bridgehead atoms. The van der Waals surface area contributed by atoms with Gasteiger partial charge in [-0.2, -0.15) is 0 Å². The molecule has 1 nitrogen and oxygen atoms in total. The molecule has 0 amide bonds. The molecule has 0 aliphatic carbocycles. The lowest BCUT2D eigenvalue weighted by Crippen LogP contribution is -1.93. The fourth-order valence-corrected chi connectivity index (χ4v) is 5.82. The Labute approximate surface area is 218 Å². The molecule has 0 atom stereocenters. The van der Waals surface area contributed by atoms with Gasteiger partial charge in [0.05, 0.1) is 11.0 Å². The van der Waals surface area contributed by atoms with E-state index >= 15 is 0 Å². The molecule has 0 saturated heterocycles. The van der Waals surface area contributed by atoms with Crippen LogP contribution in [0.3, 0.4) is 0 Å². The van der Waals surface area contributed by atoms with Crippen LogP contribution in [0.25, 0.3) is 60.5 Å². The minimum absolute atomic E-state index is 1.11. The second-order valence-corrected chi connectivity index (χ2v) is 10.0. The highest BCUT2D eigenvalue weighted by Gasteiger charge is 2.14. The summed E-state index contributed by atoms with van der Waals surface area (Å²) in [5.41, 5.74) is 8.47. The highest BCUT2D eigenvalue weighted by Crippen LogP contribution is 2.37. The van der Waals surface area contributed by atoms with E-state index in [0.29, 0.717) is 0 Å². The highest BCUT2D eigenvalue weighted by atomic mass is 79.9. The number of aromatic nitrogens is 1. The summed E-state index contributed by atoms with van der Waals surface area (Å²) in [6, 6.07) is 48.0. The van der Waals surface area contributed by atoms with E-state index in [2.05, 4.69) is 154 Å². The lowest BCUT2D eigenvalue weighted by Gasteiger charge is -2.10. The minimum Gasteiger partial charge on any atom is -0.309 e. The van der Waals surface area contributed by atoms with Crippen LogP contribution in [0.5, 0.6) is 0 Å². The molecule has 7 rings (SSSR count). The second-order valence-electron chi connectivity index (χ2n) is 9.18. The Bertz CT molecular complexity index is 1910. The molecule has 0 aliphatic rings. The maximum absolute atomic E-state index is 3.71. The van der Waals surface area contributed by atoms with E-state index in [4.69, 9.17) is 0 Å². The number of halogens is 1. The van der Waals surface area contributed by atoms with E-state index in [0.717, 1.165) is 4.47 Å². The van der Waals surface area contributed by atoms with Gasteiger partial charge in [0.2, 0.25) is 0 Å². The average molecular weight is 524 g/mol. The lowest BCUT2D eigenvalue weighted by molar-refractivity contribution is 1.19. The van der Waals surface area contributed by atoms with Crippen molar-refractivity contribution in [2.24, 2.45) is 0 Å². The van der Waals surface area contributed by atoms with E-state index in [1.165, 1.54) is 60.5 Å². The van der Waals surface area contributed by atoms with E-state index in [1.54, 1.807) is 0 Å². The Hall–Kier alpha value is -4.14. The smallest absolute Gasteiger partial charge is 0.0541 e. The number of para-hydroxylation sites is 1. The zero-order chi connectivity index (χ0) is 24.1. The van der Waals surface area contributed by atoms with Gasteiger partial charge in [0.15, 0.2) is 0 Å². The molecule has 0 spiro atoms. The maximum atomic E-state index is 3.71. The molecule has 7 aromatic rings. The van der Waals surface area contributed by atoms with Crippen LogP contribution in [-0.4, -0.2) is 4.57 Å². The van der Waals surface area contributed by atoms with Gasteiger partial charge < -0.3 is 4.57 Å². The van der Waals surface area contributed by atoms with Crippen molar-refractivity contribution in [1.29, 1.82) is 0 Å². The van der Waals surface area contributed by atoms with Crippen LogP contribution in [0, 0.1) is 0 Å². The third-order valence-corrected chi connectivity index (χ3v) is 7.74. The summed E-state index contributed by atoms with van der Waals surface area (Å²) < 4.78 is 3.49. The van der Waals surface area contributed by atoms with Gasteiger partial charge in [0.25, 0.3) is 0 Å². The largest absolute Gasteiger partial charge is 0.309 e. The molecule has 0 unspecified atom stereocenters. The van der Waals surface area contributed by atoms with Crippen molar-refractivity contribution >= 4 is 48.5 Å². The summed E-state index contributed by atoms with van der Waals surface area (Å²) in [5, 5.41) is 5.04. The van der Waals surface area contributed by atoms with E-state index < -0.39 is 0 Å². The lowest BCUT2D eigenvalue weighted by atomic mass is 9.98. The topological polar surface area (TPSA) is 4.93 Å². The van der Waals surface area contributed by atoms with Gasteiger partial charge in [-0.15, -0.1) is 0 Å². The van der Waals surface area contributed by atoms with Crippen LogP contribution in [-0.2, 0) is 0 Å². The first kappa shape index (κ1) is 21.2. The van der Waals surface area contributed by atoms with Gasteiger partial charge in [-0.1, -0.05) is 107 Å². The summed E-state index contributed by atoms with van der Waals surface area (Å²) >= 11 is 3.71. The van der Waals surface area contributed by atoms with Gasteiger partial charge in [0.1, 0.15) is 0 Å². The summed E-state index contributed by atoms with van der Waals surface area (Å²) in [6.45, 7) is 0. The molecular formula is C34H22BrN. The zero-order valence-electron chi connectivity index (χ0n) is 19.5. The summed E-state index contributed by atoms with van der Waals surface area (Å²) in [7, 11) is 0. The van der Waals surface area contributed by atoms with Crippen molar-refractivity contribution in [3.05, 3.63) is 138 Å². The van der Waals surface area contributed by atoms with E-state index in [1.807, 2.05) is 0 Å². The predicted octanol–water partition coefficient (Wildman–Crippen LogP) is 10.0. The van der Waals surface area contributed by atoms with Crippen molar-refractivity contribution in [1.82, 2.24) is 4.57 Å². The van der Waals surface area contributed by atoms with Crippen molar-refractivity contribution in [2.75, 3.05) is 0 Å². The van der Waals surface area contributed by atoms with Crippen molar-refractivity contribution in [3.8, 4) is 27.9 Å². The van der Waals surface area contributed by atoms with Crippen molar-refractivity contribution in [2.45, 2.75) is 0 Å². The number of fused-ring (bicyclic) bond motifs is 4. The first-order valence-electron chi connectivity index (χ1n) is 12.1.